The van der Waals surface area contributed by atoms with Gasteiger partial charge in [0, 0.05) is 25.9 Å². The van der Waals surface area contributed by atoms with Gasteiger partial charge in [0.05, 0.1) is 19.0 Å². The maximum atomic E-state index is 12.2. The van der Waals surface area contributed by atoms with Crippen LogP contribution in [-0.2, 0) is 19.5 Å². The van der Waals surface area contributed by atoms with Crippen molar-refractivity contribution < 1.29 is 17.9 Å². The normalized spacial score (nSPS) is 24.7. The Morgan fingerprint density at radius 3 is 2.21 bits per heavy atom. The van der Waals surface area contributed by atoms with E-state index in [1.165, 1.54) is 0 Å². The lowest BCUT2D eigenvalue weighted by molar-refractivity contribution is -0.181. The van der Waals surface area contributed by atoms with Crippen LogP contribution in [0, 0.1) is 5.92 Å². The number of rotatable bonds is 4. The average Bonchev–Trinajstić information content (AvgIpc) is 2.76. The Balaban J connectivity index is 1.93. The summed E-state index contributed by atoms with van der Waals surface area (Å²) in [6.45, 7) is 5.18. The highest BCUT2D eigenvalue weighted by molar-refractivity contribution is 7.89. The number of ether oxygens (including phenoxy) is 2. The predicted octanol–water partition coefficient (Wildman–Crippen LogP) is 1.59. The molecule has 112 valence electrons. The molecule has 1 saturated heterocycles. The van der Waals surface area contributed by atoms with Gasteiger partial charge >= 0.3 is 0 Å². The summed E-state index contributed by atoms with van der Waals surface area (Å²) in [5.41, 5.74) is 0. The summed E-state index contributed by atoms with van der Waals surface area (Å²) in [5.74, 6) is -0.0408. The molecule has 0 atom stereocenters. The quantitative estimate of drug-likeness (QED) is 0.789. The minimum absolute atomic E-state index is 0.0853. The molecule has 0 bridgehead atoms. The molecule has 2 fully saturated rings. The van der Waals surface area contributed by atoms with Crippen molar-refractivity contribution in [3.8, 4) is 0 Å². The Kier molecular flexibility index (Phi) is 4.55. The maximum Gasteiger partial charge on any atom is 0.214 e. The molecule has 0 N–H and O–H groups in total. The molecular formula is C13H25NO4S. The molecule has 0 aromatic heterocycles. The van der Waals surface area contributed by atoms with Gasteiger partial charge in [0.2, 0.25) is 10.0 Å². The van der Waals surface area contributed by atoms with Crippen molar-refractivity contribution in [2.45, 2.75) is 51.4 Å². The fraction of sp³-hybridized carbons (Fsp3) is 1.00. The second-order valence-corrected chi connectivity index (χ2v) is 8.10. The third-order valence-corrected chi connectivity index (χ3v) is 6.29. The zero-order chi connectivity index (χ0) is 14.1. The van der Waals surface area contributed by atoms with Crippen LogP contribution >= 0.6 is 0 Å². The summed E-state index contributed by atoms with van der Waals surface area (Å²) in [6.07, 6.45) is 3.21. The predicted molar refractivity (Wildman–Crippen MR) is 73.3 cm³/mol. The lowest BCUT2D eigenvalue weighted by atomic mass is 9.90. The van der Waals surface area contributed by atoms with Crippen LogP contribution in [-0.4, -0.2) is 50.6 Å². The third-order valence-electron chi connectivity index (χ3n) is 4.03. The fourth-order valence-corrected chi connectivity index (χ4v) is 4.70. The van der Waals surface area contributed by atoms with Gasteiger partial charge in [-0.3, -0.25) is 0 Å². The molecule has 2 aliphatic rings. The molecule has 1 heterocycles. The second-order valence-electron chi connectivity index (χ2n) is 6.03. The summed E-state index contributed by atoms with van der Waals surface area (Å²) in [5, 5.41) is 0. The molecule has 0 unspecified atom stereocenters. The fourth-order valence-electron chi connectivity index (χ4n) is 2.96. The Morgan fingerprint density at radius 1 is 1.21 bits per heavy atom. The Labute approximate surface area is 116 Å². The number of hydrogen-bond acceptors (Lipinski definition) is 4. The number of nitrogens with zero attached hydrogens (tertiary/aromatic N) is 1. The molecule has 1 saturated carbocycles. The first-order valence-electron chi connectivity index (χ1n) is 7.08. The molecule has 1 aliphatic carbocycles. The second kappa shape index (κ2) is 5.68. The van der Waals surface area contributed by atoms with Crippen molar-refractivity contribution in [1.82, 2.24) is 4.31 Å². The summed E-state index contributed by atoms with van der Waals surface area (Å²) >= 11 is 0. The van der Waals surface area contributed by atoms with Gasteiger partial charge in [-0.2, -0.15) is 0 Å². The van der Waals surface area contributed by atoms with Crippen molar-refractivity contribution in [1.29, 1.82) is 0 Å². The van der Waals surface area contributed by atoms with Crippen LogP contribution in [0.1, 0.15) is 39.5 Å². The smallest absolute Gasteiger partial charge is 0.214 e. The molecule has 1 spiro atoms. The van der Waals surface area contributed by atoms with Gasteiger partial charge in [0.1, 0.15) is 0 Å². The third kappa shape index (κ3) is 3.48. The molecule has 0 radical (unpaired) electrons. The Bertz CT molecular complexity index is 391. The number of sulfonamides is 1. The van der Waals surface area contributed by atoms with Crippen molar-refractivity contribution in [2.24, 2.45) is 5.92 Å². The van der Waals surface area contributed by atoms with Crippen LogP contribution in [0.4, 0.5) is 0 Å². The Morgan fingerprint density at radius 2 is 1.74 bits per heavy atom. The zero-order valence-electron chi connectivity index (χ0n) is 12.1. The van der Waals surface area contributed by atoms with E-state index in [-0.39, 0.29) is 17.7 Å². The Hall–Kier alpha value is -0.170. The zero-order valence-corrected chi connectivity index (χ0v) is 12.9. The topological polar surface area (TPSA) is 55.8 Å². The van der Waals surface area contributed by atoms with E-state index in [1.807, 2.05) is 13.8 Å². The van der Waals surface area contributed by atoms with Crippen molar-refractivity contribution in [3.63, 3.8) is 0 Å². The van der Waals surface area contributed by atoms with E-state index in [0.717, 1.165) is 25.7 Å². The van der Waals surface area contributed by atoms with Crippen LogP contribution in [0.3, 0.4) is 0 Å². The van der Waals surface area contributed by atoms with Crippen LogP contribution in [0.15, 0.2) is 0 Å². The van der Waals surface area contributed by atoms with E-state index >= 15 is 0 Å². The molecule has 19 heavy (non-hydrogen) atoms. The van der Waals surface area contributed by atoms with Gasteiger partial charge in [-0.1, -0.05) is 13.8 Å². The summed E-state index contributed by atoms with van der Waals surface area (Å²) in [6, 6.07) is 0.0853. The summed E-state index contributed by atoms with van der Waals surface area (Å²) < 4.78 is 37.3. The van der Waals surface area contributed by atoms with Crippen molar-refractivity contribution in [2.75, 3.05) is 26.0 Å². The lowest BCUT2D eigenvalue weighted by Crippen LogP contribution is -2.45. The van der Waals surface area contributed by atoms with Gasteiger partial charge in [-0.15, -0.1) is 0 Å². The molecule has 2 rings (SSSR count). The first-order chi connectivity index (χ1) is 8.85. The van der Waals surface area contributed by atoms with Gasteiger partial charge in [0.25, 0.3) is 0 Å². The van der Waals surface area contributed by atoms with Crippen molar-refractivity contribution >= 4 is 10.0 Å². The molecule has 0 amide bonds. The lowest BCUT2D eigenvalue weighted by Gasteiger charge is -2.38. The minimum Gasteiger partial charge on any atom is -0.348 e. The van der Waals surface area contributed by atoms with Crippen LogP contribution in [0.25, 0.3) is 0 Å². The van der Waals surface area contributed by atoms with Gasteiger partial charge in [-0.05, 0) is 18.8 Å². The summed E-state index contributed by atoms with van der Waals surface area (Å²) in [7, 11) is -1.44. The van der Waals surface area contributed by atoms with E-state index in [4.69, 9.17) is 9.47 Å². The van der Waals surface area contributed by atoms with E-state index in [1.54, 1.807) is 11.4 Å². The van der Waals surface area contributed by atoms with Gasteiger partial charge < -0.3 is 9.47 Å². The highest BCUT2D eigenvalue weighted by atomic mass is 32.2. The average molecular weight is 291 g/mol. The maximum absolute atomic E-state index is 12.2. The van der Waals surface area contributed by atoms with E-state index < -0.39 is 15.8 Å². The standard InChI is InChI=1S/C13H25NO4S/c1-11(2)10-19(15,16)14(3)12-4-6-13(7-5-12)17-8-9-18-13/h11-12H,4-10H2,1-3H3. The largest absolute Gasteiger partial charge is 0.348 e. The van der Waals surface area contributed by atoms with Crippen LogP contribution < -0.4 is 0 Å². The molecule has 5 nitrogen and oxygen atoms in total. The highest BCUT2D eigenvalue weighted by Gasteiger charge is 2.42. The monoisotopic (exact) mass is 291 g/mol. The molecule has 0 aromatic rings. The van der Waals surface area contributed by atoms with Crippen molar-refractivity contribution in [3.05, 3.63) is 0 Å². The van der Waals surface area contributed by atoms with E-state index in [0.29, 0.717) is 13.2 Å². The molecule has 1 aliphatic heterocycles. The van der Waals surface area contributed by atoms with Gasteiger partial charge in [-0.25, -0.2) is 12.7 Å². The minimum atomic E-state index is -3.14. The van der Waals surface area contributed by atoms with Gasteiger partial charge in [0.15, 0.2) is 5.79 Å². The van der Waals surface area contributed by atoms with E-state index in [9.17, 15) is 8.42 Å². The molecule has 0 aromatic carbocycles. The number of hydrogen-bond donors (Lipinski definition) is 0. The highest BCUT2D eigenvalue weighted by Crippen LogP contribution is 2.37. The first-order valence-corrected chi connectivity index (χ1v) is 8.69. The first kappa shape index (κ1) is 15.2. The summed E-state index contributed by atoms with van der Waals surface area (Å²) in [4.78, 5) is 0. The molecule has 6 heteroatoms. The van der Waals surface area contributed by atoms with Crippen LogP contribution in [0.5, 0.6) is 0 Å². The molecular weight excluding hydrogens is 266 g/mol. The SMILES string of the molecule is CC(C)CS(=O)(=O)N(C)C1CCC2(CC1)OCCO2. The van der Waals surface area contributed by atoms with Crippen LogP contribution in [0.2, 0.25) is 0 Å². The van der Waals surface area contributed by atoms with E-state index in [2.05, 4.69) is 0 Å².